The molecule has 0 fully saturated rings. The number of amides is 2. The number of nitrogens with one attached hydrogen (secondary N) is 2. The van der Waals surface area contributed by atoms with Crippen molar-refractivity contribution in [3.05, 3.63) is 130 Å². The summed E-state index contributed by atoms with van der Waals surface area (Å²) < 4.78 is 7.59. The molecule has 0 aliphatic carbocycles. The molecule has 42 heavy (non-hydrogen) atoms. The van der Waals surface area contributed by atoms with Crippen LogP contribution in [-0.2, 0) is 12.2 Å². The van der Waals surface area contributed by atoms with E-state index in [0.717, 1.165) is 11.1 Å². The van der Waals surface area contributed by atoms with E-state index in [1.54, 1.807) is 18.2 Å². The number of benzene rings is 4. The summed E-state index contributed by atoms with van der Waals surface area (Å²) in [4.78, 5) is 13.4. The summed E-state index contributed by atoms with van der Waals surface area (Å²) in [5.74, 6) is 1.80. The van der Waals surface area contributed by atoms with E-state index >= 15 is 0 Å². The van der Waals surface area contributed by atoms with Crippen molar-refractivity contribution in [2.45, 2.75) is 30.3 Å². The van der Waals surface area contributed by atoms with Gasteiger partial charge in [-0.2, -0.15) is 0 Å². The first-order valence-electron chi connectivity index (χ1n) is 13.4. The molecule has 0 bridgehead atoms. The standard InChI is InChI=1S/C32H29Cl2N5O2S/c1-2-41-29-16-10-9-15-26(29)35-31(40)36-27(19-22-11-5-3-6-12-22)30-37-38-32(42-21-23-13-7-4-8-14-23)39(30)28-18-17-24(33)20-25(28)34/h3-18,20,27H,2,19,21H2,1H3,(H2,35,36,40). The Morgan fingerprint density at radius 1 is 0.905 bits per heavy atom. The predicted octanol–water partition coefficient (Wildman–Crippen LogP) is 8.37. The van der Waals surface area contributed by atoms with Crippen molar-refractivity contribution in [2.24, 2.45) is 0 Å². The van der Waals surface area contributed by atoms with Gasteiger partial charge in [-0.15, -0.1) is 10.2 Å². The van der Waals surface area contributed by atoms with Crippen LogP contribution in [0.4, 0.5) is 10.5 Å². The van der Waals surface area contributed by atoms with Gasteiger partial charge < -0.3 is 15.4 Å². The van der Waals surface area contributed by atoms with Crippen molar-refractivity contribution >= 4 is 46.7 Å². The van der Waals surface area contributed by atoms with Crippen LogP contribution in [0, 0.1) is 0 Å². The van der Waals surface area contributed by atoms with E-state index in [9.17, 15) is 4.79 Å². The molecule has 1 aromatic heterocycles. The first-order valence-corrected chi connectivity index (χ1v) is 15.2. The second-order valence-corrected chi connectivity index (χ2v) is 11.1. The highest BCUT2D eigenvalue weighted by atomic mass is 35.5. The van der Waals surface area contributed by atoms with E-state index < -0.39 is 12.1 Å². The molecule has 1 atom stereocenters. The molecule has 7 nitrogen and oxygen atoms in total. The summed E-state index contributed by atoms with van der Waals surface area (Å²) in [5, 5.41) is 16.8. The van der Waals surface area contributed by atoms with Gasteiger partial charge in [0.05, 0.1) is 29.0 Å². The maximum atomic E-state index is 13.4. The van der Waals surface area contributed by atoms with E-state index in [0.29, 0.717) is 56.9 Å². The minimum absolute atomic E-state index is 0.404. The predicted molar refractivity (Wildman–Crippen MR) is 170 cm³/mol. The van der Waals surface area contributed by atoms with Gasteiger partial charge in [-0.1, -0.05) is 108 Å². The number of urea groups is 1. The van der Waals surface area contributed by atoms with Gasteiger partial charge in [0.1, 0.15) is 5.75 Å². The second-order valence-electron chi connectivity index (χ2n) is 9.32. The lowest BCUT2D eigenvalue weighted by Gasteiger charge is -2.21. The minimum atomic E-state index is -0.558. The number of hydrogen-bond donors (Lipinski definition) is 2. The third kappa shape index (κ3) is 7.45. The molecule has 2 N–H and O–H groups in total. The van der Waals surface area contributed by atoms with Gasteiger partial charge in [-0.05, 0) is 48.4 Å². The molecule has 1 unspecified atom stereocenters. The molecule has 0 radical (unpaired) electrons. The number of rotatable bonds is 11. The van der Waals surface area contributed by atoms with E-state index in [2.05, 4.69) is 33.0 Å². The zero-order valence-electron chi connectivity index (χ0n) is 22.8. The average Bonchev–Trinajstić information content (AvgIpc) is 3.41. The van der Waals surface area contributed by atoms with Crippen molar-refractivity contribution < 1.29 is 9.53 Å². The van der Waals surface area contributed by atoms with Gasteiger partial charge in [0.25, 0.3) is 0 Å². The monoisotopic (exact) mass is 617 g/mol. The Morgan fingerprint density at radius 3 is 2.31 bits per heavy atom. The molecule has 214 valence electrons. The highest BCUT2D eigenvalue weighted by molar-refractivity contribution is 7.98. The van der Waals surface area contributed by atoms with Gasteiger partial charge in [0.15, 0.2) is 11.0 Å². The van der Waals surface area contributed by atoms with Gasteiger partial charge in [0, 0.05) is 17.2 Å². The van der Waals surface area contributed by atoms with Crippen molar-refractivity contribution in [3.63, 3.8) is 0 Å². The zero-order valence-corrected chi connectivity index (χ0v) is 25.2. The fourth-order valence-corrected chi connectivity index (χ4v) is 5.84. The number of carbonyl (C=O) groups excluding carboxylic acids is 1. The van der Waals surface area contributed by atoms with Crippen LogP contribution in [0.3, 0.4) is 0 Å². The molecule has 0 aliphatic heterocycles. The lowest BCUT2D eigenvalue weighted by atomic mass is 10.1. The smallest absolute Gasteiger partial charge is 0.319 e. The van der Waals surface area contributed by atoms with E-state index in [4.69, 9.17) is 27.9 Å². The third-order valence-corrected chi connectivity index (χ3v) is 7.89. The molecule has 5 rings (SSSR count). The highest BCUT2D eigenvalue weighted by Gasteiger charge is 2.26. The lowest BCUT2D eigenvalue weighted by Crippen LogP contribution is -2.35. The molecule has 0 aliphatic rings. The Morgan fingerprint density at radius 2 is 1.60 bits per heavy atom. The van der Waals surface area contributed by atoms with Crippen molar-refractivity contribution in [1.29, 1.82) is 0 Å². The quantitative estimate of drug-likeness (QED) is 0.145. The molecular weight excluding hydrogens is 589 g/mol. The first-order chi connectivity index (χ1) is 20.5. The topological polar surface area (TPSA) is 81.1 Å². The zero-order chi connectivity index (χ0) is 29.3. The van der Waals surface area contributed by atoms with E-state index in [1.165, 1.54) is 11.8 Å². The van der Waals surface area contributed by atoms with Gasteiger partial charge in [-0.25, -0.2) is 4.79 Å². The number of nitrogens with zero attached hydrogens (tertiary/aromatic N) is 3. The molecule has 0 saturated heterocycles. The highest BCUT2D eigenvalue weighted by Crippen LogP contribution is 2.33. The summed E-state index contributed by atoms with van der Waals surface area (Å²) in [5.41, 5.74) is 3.40. The second kappa shape index (κ2) is 14.3. The number of anilines is 1. The molecule has 5 aromatic rings. The van der Waals surface area contributed by atoms with Crippen LogP contribution in [-0.4, -0.2) is 27.4 Å². The van der Waals surface area contributed by atoms with Gasteiger partial charge in [-0.3, -0.25) is 4.57 Å². The average molecular weight is 619 g/mol. The minimum Gasteiger partial charge on any atom is -0.492 e. The Labute approximate surface area is 259 Å². The lowest BCUT2D eigenvalue weighted by molar-refractivity contribution is 0.247. The van der Waals surface area contributed by atoms with Crippen LogP contribution in [0.1, 0.15) is 29.9 Å². The summed E-state index contributed by atoms with van der Waals surface area (Å²) in [7, 11) is 0. The normalized spacial score (nSPS) is 11.6. The van der Waals surface area contributed by atoms with Crippen LogP contribution < -0.4 is 15.4 Å². The van der Waals surface area contributed by atoms with Crippen molar-refractivity contribution in [1.82, 2.24) is 20.1 Å². The Bertz CT molecular complexity index is 1630. The maximum absolute atomic E-state index is 13.4. The maximum Gasteiger partial charge on any atom is 0.319 e. The van der Waals surface area contributed by atoms with Crippen LogP contribution in [0.25, 0.3) is 5.69 Å². The summed E-state index contributed by atoms with van der Waals surface area (Å²) in [6.45, 7) is 2.38. The van der Waals surface area contributed by atoms with Gasteiger partial charge in [0.2, 0.25) is 0 Å². The van der Waals surface area contributed by atoms with Crippen molar-refractivity contribution in [3.8, 4) is 11.4 Å². The molecule has 0 spiro atoms. The third-order valence-electron chi connectivity index (χ3n) is 6.35. The summed E-state index contributed by atoms with van der Waals surface area (Å²) >= 11 is 14.5. The van der Waals surface area contributed by atoms with Gasteiger partial charge >= 0.3 is 6.03 Å². The molecular formula is C32H29Cl2N5O2S. The number of carbonyl (C=O) groups is 1. The van der Waals surface area contributed by atoms with Crippen LogP contribution in [0.2, 0.25) is 10.0 Å². The molecule has 10 heteroatoms. The summed E-state index contributed by atoms with van der Waals surface area (Å²) in [6.07, 6.45) is 0.466. The molecule has 1 heterocycles. The number of thioether (sulfide) groups is 1. The molecule has 0 saturated carbocycles. The number of ether oxygens (including phenoxy) is 1. The van der Waals surface area contributed by atoms with E-state index in [-0.39, 0.29) is 0 Å². The van der Waals surface area contributed by atoms with E-state index in [1.807, 2.05) is 84.3 Å². The molecule has 4 aromatic carbocycles. The Kier molecular flexibility index (Phi) is 10.0. The van der Waals surface area contributed by atoms with Crippen LogP contribution in [0.15, 0.2) is 108 Å². The Balaban J connectivity index is 1.52. The fourth-order valence-electron chi connectivity index (χ4n) is 4.44. The Hall–Kier alpha value is -3.98. The first kappa shape index (κ1) is 29.5. The number of para-hydroxylation sites is 2. The number of hydrogen-bond acceptors (Lipinski definition) is 5. The summed E-state index contributed by atoms with van der Waals surface area (Å²) in [6, 6.07) is 31.7. The fraction of sp³-hybridized carbons (Fsp3) is 0.156. The molecule has 2 amide bonds. The SMILES string of the molecule is CCOc1ccccc1NC(=O)NC(Cc1ccccc1)c1nnc(SCc2ccccc2)n1-c1ccc(Cl)cc1Cl. The number of halogens is 2. The largest absolute Gasteiger partial charge is 0.492 e. The number of aromatic nitrogens is 3. The van der Waals surface area contributed by atoms with Crippen molar-refractivity contribution in [2.75, 3.05) is 11.9 Å². The van der Waals surface area contributed by atoms with Crippen LogP contribution in [0.5, 0.6) is 5.75 Å². The van der Waals surface area contributed by atoms with Crippen LogP contribution >= 0.6 is 35.0 Å².